The Bertz CT molecular complexity index is 1300. The third kappa shape index (κ3) is 6.64. The van der Waals surface area contributed by atoms with Crippen molar-refractivity contribution in [2.24, 2.45) is 5.92 Å². The summed E-state index contributed by atoms with van der Waals surface area (Å²) in [5, 5.41) is 3.09. The van der Waals surface area contributed by atoms with Crippen molar-refractivity contribution >= 4 is 17.8 Å². The maximum atomic E-state index is 14.4. The SMILES string of the molecule is CCN1C(=O)N[C@H](c2ccc(C)cc2C)C2=C1CN([C@H](CC(C)C)C(=O)N(CCN(C)C)Cc1ccccc1)C2=O. The fourth-order valence-electron chi connectivity index (χ4n) is 5.89. The van der Waals surface area contributed by atoms with Crippen molar-refractivity contribution in [2.45, 2.75) is 59.7 Å². The van der Waals surface area contributed by atoms with Crippen molar-refractivity contribution in [1.82, 2.24) is 24.9 Å². The monoisotopic (exact) mass is 559 g/mol. The summed E-state index contributed by atoms with van der Waals surface area (Å²) in [5.74, 6) is -0.0309. The summed E-state index contributed by atoms with van der Waals surface area (Å²) in [6.07, 6.45) is 0.542. The summed E-state index contributed by atoms with van der Waals surface area (Å²) < 4.78 is 0. The van der Waals surface area contributed by atoms with Crippen LogP contribution in [0.25, 0.3) is 0 Å². The smallest absolute Gasteiger partial charge is 0.322 e. The minimum Gasteiger partial charge on any atom is -0.335 e. The van der Waals surface area contributed by atoms with Gasteiger partial charge in [0.25, 0.3) is 5.91 Å². The molecular weight excluding hydrogens is 514 g/mol. The standard InChI is InChI=1S/C33H45N5O3/c1-8-37-28-21-38(32(40)29(28)30(34-33(37)41)26-15-14-23(4)19-24(26)5)27(18-22(2)3)31(39)36(17-16-35(6)7)20-25-12-10-9-11-13-25/h9-15,19,22,27,30H,8,16-18,20-21H2,1-7H3,(H,34,41)/t27-,30-/m1/s1. The summed E-state index contributed by atoms with van der Waals surface area (Å²) >= 11 is 0. The molecule has 0 saturated heterocycles. The molecule has 0 bridgehead atoms. The normalized spacial score (nSPS) is 17.8. The topological polar surface area (TPSA) is 76.2 Å². The molecule has 2 aromatic carbocycles. The van der Waals surface area contributed by atoms with Crippen molar-refractivity contribution in [3.63, 3.8) is 0 Å². The van der Waals surface area contributed by atoms with E-state index in [9.17, 15) is 14.4 Å². The van der Waals surface area contributed by atoms with Gasteiger partial charge in [0.15, 0.2) is 0 Å². The van der Waals surface area contributed by atoms with Crippen molar-refractivity contribution in [2.75, 3.05) is 40.3 Å². The van der Waals surface area contributed by atoms with Crippen LogP contribution in [0.3, 0.4) is 0 Å². The van der Waals surface area contributed by atoms with E-state index in [1.807, 2.05) is 82.2 Å². The fourth-order valence-corrected chi connectivity index (χ4v) is 5.89. The van der Waals surface area contributed by atoms with E-state index < -0.39 is 12.1 Å². The molecule has 4 rings (SSSR count). The number of carbonyl (C=O) groups excluding carboxylic acids is 3. The van der Waals surface area contributed by atoms with Gasteiger partial charge in [-0.1, -0.05) is 67.9 Å². The molecule has 0 spiro atoms. The average molecular weight is 560 g/mol. The predicted octanol–water partition coefficient (Wildman–Crippen LogP) is 4.49. The van der Waals surface area contributed by atoms with E-state index in [-0.39, 0.29) is 30.3 Å². The van der Waals surface area contributed by atoms with Crippen LogP contribution in [0.4, 0.5) is 4.79 Å². The lowest BCUT2D eigenvalue weighted by Gasteiger charge is -2.34. The van der Waals surface area contributed by atoms with E-state index in [1.54, 1.807) is 9.80 Å². The molecule has 220 valence electrons. The van der Waals surface area contributed by atoms with Gasteiger partial charge in [0.1, 0.15) is 6.04 Å². The Balaban J connectivity index is 1.71. The molecule has 0 saturated carbocycles. The molecule has 2 atom stereocenters. The molecule has 4 amide bonds. The van der Waals surface area contributed by atoms with E-state index in [0.29, 0.717) is 43.9 Å². The average Bonchev–Trinajstić information content (AvgIpc) is 3.26. The number of amides is 4. The van der Waals surface area contributed by atoms with Crippen LogP contribution in [0, 0.1) is 19.8 Å². The van der Waals surface area contributed by atoms with Crippen LogP contribution in [0.2, 0.25) is 0 Å². The molecular formula is C33H45N5O3. The van der Waals surface area contributed by atoms with E-state index >= 15 is 0 Å². The highest BCUT2D eigenvalue weighted by atomic mass is 16.2. The van der Waals surface area contributed by atoms with Gasteiger partial charge in [0, 0.05) is 26.2 Å². The second kappa shape index (κ2) is 12.9. The van der Waals surface area contributed by atoms with Gasteiger partial charge >= 0.3 is 6.03 Å². The second-order valence-electron chi connectivity index (χ2n) is 12.0. The number of carbonyl (C=O) groups is 3. The van der Waals surface area contributed by atoms with Crippen LogP contribution in [-0.4, -0.2) is 83.8 Å². The van der Waals surface area contributed by atoms with Crippen molar-refractivity contribution in [3.8, 4) is 0 Å². The van der Waals surface area contributed by atoms with Crippen LogP contribution in [0.15, 0.2) is 59.8 Å². The highest BCUT2D eigenvalue weighted by Gasteiger charge is 2.47. The quantitative estimate of drug-likeness (QED) is 0.440. The van der Waals surface area contributed by atoms with Crippen molar-refractivity contribution in [1.29, 1.82) is 0 Å². The number of nitrogens with one attached hydrogen (secondary N) is 1. The maximum Gasteiger partial charge on any atom is 0.322 e. The number of hydrogen-bond donors (Lipinski definition) is 1. The van der Waals surface area contributed by atoms with Gasteiger partial charge in [-0.3, -0.25) is 14.5 Å². The van der Waals surface area contributed by atoms with Gasteiger partial charge in [0.05, 0.1) is 23.9 Å². The fraction of sp³-hybridized carbons (Fsp3) is 0.485. The number of rotatable bonds is 11. The Hall–Kier alpha value is -3.65. The molecule has 0 radical (unpaired) electrons. The summed E-state index contributed by atoms with van der Waals surface area (Å²) in [4.78, 5) is 49.3. The zero-order valence-corrected chi connectivity index (χ0v) is 25.6. The molecule has 8 nitrogen and oxygen atoms in total. The molecule has 1 N–H and O–H groups in total. The predicted molar refractivity (Wildman–Crippen MR) is 162 cm³/mol. The summed E-state index contributed by atoms with van der Waals surface area (Å²) in [5.41, 5.74) is 5.38. The molecule has 2 aliphatic heterocycles. The maximum absolute atomic E-state index is 14.4. The molecule has 0 unspecified atom stereocenters. The van der Waals surface area contributed by atoms with E-state index in [1.165, 1.54) is 0 Å². The summed E-state index contributed by atoms with van der Waals surface area (Å²) in [7, 11) is 3.99. The number of urea groups is 1. The Morgan fingerprint density at radius 2 is 1.76 bits per heavy atom. The van der Waals surface area contributed by atoms with Crippen LogP contribution in [0.1, 0.15) is 55.5 Å². The number of benzene rings is 2. The van der Waals surface area contributed by atoms with Crippen LogP contribution < -0.4 is 5.32 Å². The lowest BCUT2D eigenvalue weighted by atomic mass is 9.91. The molecule has 8 heteroatoms. The highest BCUT2D eigenvalue weighted by Crippen LogP contribution is 2.39. The first-order chi connectivity index (χ1) is 19.5. The minimum atomic E-state index is -0.632. The first-order valence-corrected chi connectivity index (χ1v) is 14.7. The Morgan fingerprint density at radius 3 is 2.37 bits per heavy atom. The number of hydrogen-bond acceptors (Lipinski definition) is 4. The Labute approximate surface area is 245 Å². The number of nitrogens with zero attached hydrogens (tertiary/aromatic N) is 4. The van der Waals surface area contributed by atoms with E-state index in [0.717, 1.165) is 22.3 Å². The zero-order chi connectivity index (χ0) is 29.8. The molecule has 0 aromatic heterocycles. The lowest BCUT2D eigenvalue weighted by molar-refractivity contribution is -0.144. The Morgan fingerprint density at radius 1 is 1.05 bits per heavy atom. The largest absolute Gasteiger partial charge is 0.335 e. The van der Waals surface area contributed by atoms with Gasteiger partial charge in [0.2, 0.25) is 5.91 Å². The lowest BCUT2D eigenvalue weighted by Crippen LogP contribution is -2.51. The number of likely N-dealkylation sites (N-methyl/N-ethyl adjacent to an activating group) is 2. The van der Waals surface area contributed by atoms with Crippen molar-refractivity contribution in [3.05, 3.63) is 82.1 Å². The first kappa shape index (κ1) is 30.3. The van der Waals surface area contributed by atoms with E-state index in [4.69, 9.17) is 0 Å². The third-order valence-corrected chi connectivity index (χ3v) is 8.00. The summed E-state index contributed by atoms with van der Waals surface area (Å²) in [6.45, 7) is 12.5. The zero-order valence-electron chi connectivity index (χ0n) is 25.6. The molecule has 41 heavy (non-hydrogen) atoms. The highest BCUT2D eigenvalue weighted by molar-refractivity contribution is 6.03. The molecule has 0 fully saturated rings. The second-order valence-corrected chi connectivity index (χ2v) is 12.0. The van der Waals surface area contributed by atoms with Gasteiger partial charge in [-0.15, -0.1) is 0 Å². The molecule has 2 heterocycles. The van der Waals surface area contributed by atoms with Crippen molar-refractivity contribution < 1.29 is 14.4 Å². The number of aryl methyl sites for hydroxylation is 2. The van der Waals surface area contributed by atoms with Crippen LogP contribution in [-0.2, 0) is 16.1 Å². The minimum absolute atomic E-state index is 0.0528. The molecule has 2 aliphatic rings. The third-order valence-electron chi connectivity index (χ3n) is 8.00. The summed E-state index contributed by atoms with van der Waals surface area (Å²) in [6, 6.07) is 14.7. The van der Waals surface area contributed by atoms with Gasteiger partial charge in [-0.2, -0.15) is 0 Å². The van der Waals surface area contributed by atoms with E-state index in [2.05, 4.69) is 30.1 Å². The van der Waals surface area contributed by atoms with Gasteiger partial charge in [-0.25, -0.2) is 4.79 Å². The van der Waals surface area contributed by atoms with Gasteiger partial charge < -0.3 is 20.0 Å². The van der Waals surface area contributed by atoms with Crippen LogP contribution >= 0.6 is 0 Å². The molecule has 2 aromatic rings. The Kier molecular flexibility index (Phi) is 9.53. The van der Waals surface area contributed by atoms with Gasteiger partial charge in [-0.05, 0) is 63.9 Å². The first-order valence-electron chi connectivity index (χ1n) is 14.7. The van der Waals surface area contributed by atoms with Crippen LogP contribution in [0.5, 0.6) is 0 Å². The molecule has 0 aliphatic carbocycles.